The topological polar surface area (TPSA) is 67.5 Å². The first-order valence-corrected chi connectivity index (χ1v) is 8.94. The van der Waals surface area contributed by atoms with Crippen LogP contribution in [-0.2, 0) is 0 Å². The Labute approximate surface area is 173 Å². The molecule has 0 aliphatic rings. The van der Waals surface area contributed by atoms with Crippen LogP contribution in [0.25, 0.3) is 28.2 Å². The Hall–Kier alpha value is -4.01. The van der Waals surface area contributed by atoms with E-state index in [1.54, 1.807) is 24.3 Å². The number of hydrogen-bond acceptors (Lipinski definition) is 4. The minimum Gasteiger partial charge on any atom is -0.504 e. The molecule has 4 rings (SSSR count). The zero-order chi connectivity index (χ0) is 22.2. The van der Waals surface area contributed by atoms with Crippen molar-refractivity contribution in [3.8, 4) is 45.5 Å². The van der Waals surface area contributed by atoms with Crippen LogP contribution in [0.15, 0.2) is 72.8 Å². The smallest absolute Gasteiger partial charge is 0.504 e. The van der Waals surface area contributed by atoms with Crippen LogP contribution in [0.5, 0.6) is 17.2 Å². The van der Waals surface area contributed by atoms with Gasteiger partial charge in [0.1, 0.15) is 11.6 Å². The lowest BCUT2D eigenvalue weighted by Crippen LogP contribution is -2.17. The van der Waals surface area contributed by atoms with E-state index in [1.165, 1.54) is 41.1 Å². The monoisotopic (exact) mass is 430 g/mol. The summed E-state index contributed by atoms with van der Waals surface area (Å²) in [6.07, 6.45) is -4.81. The Kier molecular flexibility index (Phi) is 5.02. The highest BCUT2D eigenvalue weighted by atomic mass is 19.4. The van der Waals surface area contributed by atoms with E-state index in [9.17, 15) is 27.8 Å². The molecule has 0 unspecified atom stereocenters. The van der Waals surface area contributed by atoms with Crippen LogP contribution in [0.3, 0.4) is 0 Å². The zero-order valence-corrected chi connectivity index (χ0v) is 15.6. The molecule has 0 spiro atoms. The largest absolute Gasteiger partial charge is 0.573 e. The molecule has 9 heteroatoms. The molecule has 1 aromatic heterocycles. The van der Waals surface area contributed by atoms with Gasteiger partial charge in [0, 0.05) is 11.1 Å². The van der Waals surface area contributed by atoms with Gasteiger partial charge in [-0.3, -0.25) is 0 Å². The quantitative estimate of drug-likeness (QED) is 0.324. The lowest BCUT2D eigenvalue weighted by Gasteiger charge is -2.11. The first kappa shape index (κ1) is 20.3. The fourth-order valence-corrected chi connectivity index (χ4v) is 3.02. The lowest BCUT2D eigenvalue weighted by atomic mass is 10.1. The van der Waals surface area contributed by atoms with Gasteiger partial charge in [-0.1, -0.05) is 0 Å². The molecule has 0 fully saturated rings. The van der Waals surface area contributed by atoms with Gasteiger partial charge < -0.3 is 14.9 Å². The summed E-state index contributed by atoms with van der Waals surface area (Å²) in [5.74, 6) is -1.44. The predicted molar refractivity (Wildman–Crippen MR) is 104 cm³/mol. The zero-order valence-electron chi connectivity index (χ0n) is 15.6. The van der Waals surface area contributed by atoms with E-state index in [1.807, 2.05) is 0 Å². The van der Waals surface area contributed by atoms with Crippen molar-refractivity contribution in [2.75, 3.05) is 0 Å². The van der Waals surface area contributed by atoms with E-state index in [2.05, 4.69) is 9.84 Å². The third kappa shape index (κ3) is 4.45. The Morgan fingerprint density at radius 3 is 2.03 bits per heavy atom. The number of benzene rings is 3. The van der Waals surface area contributed by atoms with E-state index >= 15 is 0 Å². The number of rotatable bonds is 4. The maximum atomic E-state index is 13.3. The average molecular weight is 430 g/mol. The number of phenolic OH excluding ortho intramolecular Hbond substituents is 2. The first-order valence-electron chi connectivity index (χ1n) is 8.94. The highest BCUT2D eigenvalue weighted by Crippen LogP contribution is 2.34. The van der Waals surface area contributed by atoms with Crippen molar-refractivity contribution in [1.82, 2.24) is 9.78 Å². The number of aromatic hydroxyl groups is 2. The average Bonchev–Trinajstić information content (AvgIpc) is 3.15. The highest BCUT2D eigenvalue weighted by Gasteiger charge is 2.31. The minimum absolute atomic E-state index is 0.303. The second kappa shape index (κ2) is 7.67. The van der Waals surface area contributed by atoms with Gasteiger partial charge in [-0.05, 0) is 72.8 Å². The summed E-state index contributed by atoms with van der Waals surface area (Å²) in [6.45, 7) is 0. The van der Waals surface area contributed by atoms with Gasteiger partial charge in [0.15, 0.2) is 11.5 Å². The van der Waals surface area contributed by atoms with Crippen molar-refractivity contribution in [3.05, 3.63) is 78.6 Å². The van der Waals surface area contributed by atoms with E-state index in [4.69, 9.17) is 0 Å². The number of hydrogen-bond donors (Lipinski definition) is 2. The molecule has 0 saturated heterocycles. The molecule has 0 saturated carbocycles. The molecular weight excluding hydrogens is 416 g/mol. The lowest BCUT2D eigenvalue weighted by molar-refractivity contribution is -0.274. The van der Waals surface area contributed by atoms with Crippen LogP contribution >= 0.6 is 0 Å². The molecule has 0 aliphatic heterocycles. The highest BCUT2D eigenvalue weighted by molar-refractivity contribution is 5.72. The van der Waals surface area contributed by atoms with Crippen LogP contribution in [0.2, 0.25) is 0 Å². The molecule has 5 nitrogen and oxygen atoms in total. The summed E-state index contributed by atoms with van der Waals surface area (Å²) in [6, 6.07) is 16.6. The van der Waals surface area contributed by atoms with Crippen LogP contribution in [0, 0.1) is 5.82 Å². The van der Waals surface area contributed by atoms with Crippen molar-refractivity contribution in [3.63, 3.8) is 0 Å². The predicted octanol–water partition coefficient (Wildman–Crippen LogP) is 5.66. The van der Waals surface area contributed by atoms with Gasteiger partial charge >= 0.3 is 6.36 Å². The minimum atomic E-state index is -4.81. The van der Waals surface area contributed by atoms with Crippen LogP contribution < -0.4 is 4.74 Å². The first-order chi connectivity index (χ1) is 14.7. The Balaban J connectivity index is 1.81. The summed E-state index contributed by atoms with van der Waals surface area (Å²) >= 11 is 0. The standard InChI is InChI=1S/C22H14F4N2O3/c23-15-4-1-13(2-5-15)18-12-19(14-3-10-20(29)21(30)11-14)28(27-18)16-6-8-17(9-7-16)31-22(24,25)26/h1-12,29-30H. The Bertz CT molecular complexity index is 1220. The van der Waals surface area contributed by atoms with Gasteiger partial charge in [-0.25, -0.2) is 9.07 Å². The summed E-state index contributed by atoms with van der Waals surface area (Å²) in [5.41, 5.74) is 2.48. The SMILES string of the molecule is Oc1ccc(-c2cc(-c3ccc(F)cc3)nn2-c2ccc(OC(F)(F)F)cc2)cc1O. The molecule has 0 amide bonds. The Morgan fingerprint density at radius 2 is 1.42 bits per heavy atom. The third-order valence-corrected chi connectivity index (χ3v) is 4.44. The fourth-order valence-electron chi connectivity index (χ4n) is 3.02. The number of aromatic nitrogens is 2. The summed E-state index contributed by atoms with van der Waals surface area (Å²) in [4.78, 5) is 0. The molecule has 0 aliphatic carbocycles. The van der Waals surface area contributed by atoms with E-state index in [-0.39, 0.29) is 17.2 Å². The van der Waals surface area contributed by atoms with Crippen molar-refractivity contribution < 1.29 is 32.5 Å². The third-order valence-electron chi connectivity index (χ3n) is 4.44. The number of nitrogens with zero attached hydrogens (tertiary/aromatic N) is 2. The number of alkyl halides is 3. The molecular formula is C22H14F4N2O3. The van der Waals surface area contributed by atoms with Gasteiger partial charge in [-0.15, -0.1) is 13.2 Å². The van der Waals surface area contributed by atoms with Crippen molar-refractivity contribution in [2.45, 2.75) is 6.36 Å². The maximum absolute atomic E-state index is 13.3. The summed E-state index contributed by atoms with van der Waals surface area (Å²) < 4.78 is 55.9. The molecule has 0 atom stereocenters. The molecule has 158 valence electrons. The van der Waals surface area contributed by atoms with Crippen LogP contribution in [0.1, 0.15) is 0 Å². The Morgan fingerprint density at radius 1 is 0.774 bits per heavy atom. The van der Waals surface area contributed by atoms with Gasteiger partial charge in [0.25, 0.3) is 0 Å². The summed E-state index contributed by atoms with van der Waals surface area (Å²) in [5, 5.41) is 24.0. The molecule has 2 N–H and O–H groups in total. The molecule has 1 heterocycles. The van der Waals surface area contributed by atoms with Crippen molar-refractivity contribution in [1.29, 1.82) is 0 Å². The maximum Gasteiger partial charge on any atom is 0.573 e. The second-order valence-electron chi connectivity index (χ2n) is 6.58. The number of halogens is 4. The molecule has 4 aromatic rings. The van der Waals surface area contributed by atoms with Crippen molar-refractivity contribution in [2.24, 2.45) is 0 Å². The van der Waals surface area contributed by atoms with Crippen LogP contribution in [-0.4, -0.2) is 26.4 Å². The van der Waals surface area contributed by atoms with Crippen molar-refractivity contribution >= 4 is 0 Å². The van der Waals surface area contributed by atoms with E-state index in [0.29, 0.717) is 28.2 Å². The van der Waals surface area contributed by atoms with E-state index in [0.717, 1.165) is 12.1 Å². The molecule has 0 bridgehead atoms. The molecule has 0 radical (unpaired) electrons. The van der Waals surface area contributed by atoms with Crippen LogP contribution in [0.4, 0.5) is 17.6 Å². The normalized spacial score (nSPS) is 11.5. The fraction of sp³-hybridized carbons (Fsp3) is 0.0455. The summed E-state index contributed by atoms with van der Waals surface area (Å²) in [7, 11) is 0. The number of phenols is 2. The van der Waals surface area contributed by atoms with Gasteiger partial charge in [0.2, 0.25) is 0 Å². The molecule has 3 aromatic carbocycles. The van der Waals surface area contributed by atoms with Gasteiger partial charge in [0.05, 0.1) is 17.1 Å². The van der Waals surface area contributed by atoms with Gasteiger partial charge in [-0.2, -0.15) is 5.10 Å². The molecule has 31 heavy (non-hydrogen) atoms. The number of ether oxygens (including phenoxy) is 1. The van der Waals surface area contributed by atoms with E-state index < -0.39 is 12.2 Å². The second-order valence-corrected chi connectivity index (χ2v) is 6.58.